The summed E-state index contributed by atoms with van der Waals surface area (Å²) in [5, 5.41) is 39.0. The van der Waals surface area contributed by atoms with E-state index in [1.54, 1.807) is 11.0 Å². The van der Waals surface area contributed by atoms with E-state index in [1.807, 2.05) is 13.8 Å². The molecule has 2 aromatic heterocycles. The number of benzene rings is 2. The van der Waals surface area contributed by atoms with Crippen LogP contribution in [0.15, 0.2) is 18.2 Å². The SMILES string of the molecule is CC.CCCCCCN1COc2nc(-c3cc(O)cc4cc(F)c(F)c(C#N)c34)c(F)c3nc(CC(O)O)nc1c23.CF. The number of pyridine rings is 1. The van der Waals surface area contributed by atoms with Gasteiger partial charge in [0.1, 0.15) is 40.1 Å². The van der Waals surface area contributed by atoms with Crippen molar-refractivity contribution in [1.29, 1.82) is 5.26 Å². The number of aliphatic hydroxyl groups excluding tert-OH is 1. The summed E-state index contributed by atoms with van der Waals surface area (Å²) in [5.74, 6) is -3.87. The van der Waals surface area contributed by atoms with Crippen LogP contribution in [0.2, 0.25) is 0 Å². The molecule has 0 spiro atoms. The molecule has 1 aliphatic heterocycles. The van der Waals surface area contributed by atoms with Gasteiger partial charge in [-0.3, -0.25) is 4.39 Å². The van der Waals surface area contributed by atoms with Crippen molar-refractivity contribution >= 4 is 27.5 Å². The highest BCUT2D eigenvalue weighted by Crippen LogP contribution is 2.43. The van der Waals surface area contributed by atoms with Gasteiger partial charge in [-0.1, -0.05) is 40.0 Å². The van der Waals surface area contributed by atoms with Crippen LogP contribution in [-0.2, 0) is 6.42 Å². The minimum Gasteiger partial charge on any atom is -0.508 e. The summed E-state index contributed by atoms with van der Waals surface area (Å²) in [6.45, 7) is 6.66. The summed E-state index contributed by atoms with van der Waals surface area (Å²) < 4.78 is 60.4. The Morgan fingerprint density at radius 1 is 1.00 bits per heavy atom. The fraction of sp³-hybridized carbons (Fsp3) is 0.400. The maximum atomic E-state index is 16.3. The first-order valence-electron chi connectivity index (χ1n) is 13.8. The minimum absolute atomic E-state index is 0.0223. The fourth-order valence-electron chi connectivity index (χ4n) is 4.80. The van der Waals surface area contributed by atoms with Crippen LogP contribution < -0.4 is 9.64 Å². The van der Waals surface area contributed by atoms with Gasteiger partial charge in [-0.25, -0.2) is 28.1 Å². The first-order valence-corrected chi connectivity index (χ1v) is 13.8. The van der Waals surface area contributed by atoms with E-state index in [0.29, 0.717) is 19.5 Å². The van der Waals surface area contributed by atoms with Crippen LogP contribution >= 0.6 is 0 Å². The van der Waals surface area contributed by atoms with Crippen molar-refractivity contribution in [3.8, 4) is 29.0 Å². The number of rotatable bonds is 8. The van der Waals surface area contributed by atoms with Gasteiger partial charge < -0.3 is 25.0 Å². The number of phenolic OH excluding ortho intramolecular Hbond substituents is 1. The van der Waals surface area contributed by atoms with Crippen LogP contribution in [0.5, 0.6) is 11.6 Å². The molecule has 0 aliphatic carbocycles. The predicted molar refractivity (Wildman–Crippen MR) is 154 cm³/mol. The lowest BCUT2D eigenvalue weighted by Gasteiger charge is -2.30. The molecule has 0 saturated heterocycles. The molecule has 0 fully saturated rings. The number of alkyl halides is 1. The molecule has 3 heterocycles. The average molecular weight is 604 g/mol. The van der Waals surface area contributed by atoms with E-state index in [2.05, 4.69) is 21.9 Å². The standard InChI is InChI=1S/C27H24F3N5O4.C2H6.CH3F/c1-2-3-4-5-6-35-12-39-27-21-25(32-18(10-19(37)38)33-26(21)35)23(30)24(34-27)15-9-14(36)7-13-8-17(28)22(29)16(11-31)20(13)15;2*1-2/h7-9,19,36-38H,2-6,10,12H2,1H3;1-2H3;1H3. The lowest BCUT2D eigenvalue weighted by molar-refractivity contribution is -0.0394. The van der Waals surface area contributed by atoms with E-state index in [-0.39, 0.29) is 52.1 Å². The third kappa shape index (κ3) is 6.71. The molecule has 0 amide bonds. The third-order valence-corrected chi connectivity index (χ3v) is 6.56. The zero-order chi connectivity index (χ0) is 31.8. The maximum Gasteiger partial charge on any atom is 0.229 e. The predicted octanol–water partition coefficient (Wildman–Crippen LogP) is 6.04. The molecule has 43 heavy (non-hydrogen) atoms. The van der Waals surface area contributed by atoms with Crippen molar-refractivity contribution in [1.82, 2.24) is 15.0 Å². The van der Waals surface area contributed by atoms with Crippen LogP contribution in [0.4, 0.5) is 23.4 Å². The number of aromatic hydroxyl groups is 1. The largest absolute Gasteiger partial charge is 0.508 e. The van der Waals surface area contributed by atoms with Gasteiger partial charge in [0.05, 0.1) is 19.2 Å². The molecule has 13 heteroatoms. The van der Waals surface area contributed by atoms with Crippen molar-refractivity contribution in [2.24, 2.45) is 0 Å². The number of ether oxygens (including phenoxy) is 1. The molecule has 0 unspecified atom stereocenters. The van der Waals surface area contributed by atoms with Crippen molar-refractivity contribution in [2.45, 2.75) is 59.2 Å². The molecular formula is C30H33F4N5O4. The summed E-state index contributed by atoms with van der Waals surface area (Å²) in [4.78, 5) is 14.8. The monoisotopic (exact) mass is 603 g/mol. The van der Waals surface area contributed by atoms with Gasteiger partial charge in [0.2, 0.25) is 5.88 Å². The van der Waals surface area contributed by atoms with E-state index in [9.17, 15) is 33.8 Å². The smallest absolute Gasteiger partial charge is 0.229 e. The number of nitrogens with zero attached hydrogens (tertiary/aromatic N) is 5. The molecule has 0 saturated carbocycles. The van der Waals surface area contributed by atoms with Crippen LogP contribution in [0.3, 0.4) is 0 Å². The summed E-state index contributed by atoms with van der Waals surface area (Å²) in [7, 11) is 0.500. The Morgan fingerprint density at radius 3 is 2.37 bits per heavy atom. The molecule has 230 valence electrons. The minimum atomic E-state index is -1.79. The summed E-state index contributed by atoms with van der Waals surface area (Å²) in [6.07, 6.45) is 1.70. The van der Waals surface area contributed by atoms with Crippen molar-refractivity contribution in [3.05, 3.63) is 47.0 Å². The Morgan fingerprint density at radius 2 is 1.72 bits per heavy atom. The highest BCUT2D eigenvalue weighted by molar-refractivity contribution is 6.04. The zero-order valence-corrected chi connectivity index (χ0v) is 24.3. The highest BCUT2D eigenvalue weighted by Gasteiger charge is 2.30. The van der Waals surface area contributed by atoms with Gasteiger partial charge in [-0.15, -0.1) is 0 Å². The first-order chi connectivity index (χ1) is 20.7. The normalized spacial score (nSPS) is 11.9. The molecule has 5 rings (SSSR count). The first kappa shape index (κ1) is 33.2. The van der Waals surface area contributed by atoms with Crippen LogP contribution in [0.25, 0.3) is 32.9 Å². The third-order valence-electron chi connectivity index (χ3n) is 6.56. The molecule has 0 bridgehead atoms. The van der Waals surface area contributed by atoms with Gasteiger partial charge in [0.15, 0.2) is 30.5 Å². The topological polar surface area (TPSA) is 136 Å². The molecule has 1 aliphatic rings. The van der Waals surface area contributed by atoms with Gasteiger partial charge in [0.25, 0.3) is 0 Å². The number of hydrogen-bond acceptors (Lipinski definition) is 9. The Kier molecular flexibility index (Phi) is 11.4. The highest BCUT2D eigenvalue weighted by atomic mass is 19.2. The molecule has 0 radical (unpaired) electrons. The van der Waals surface area contributed by atoms with E-state index in [1.165, 1.54) is 0 Å². The number of fused-ring (bicyclic) bond motifs is 1. The van der Waals surface area contributed by atoms with E-state index >= 15 is 4.39 Å². The van der Waals surface area contributed by atoms with Gasteiger partial charge in [-0.2, -0.15) is 5.26 Å². The number of unbranched alkanes of at least 4 members (excludes halogenated alkanes) is 3. The van der Waals surface area contributed by atoms with Crippen LogP contribution in [-0.4, -0.2) is 57.0 Å². The van der Waals surface area contributed by atoms with Gasteiger partial charge >= 0.3 is 0 Å². The summed E-state index contributed by atoms with van der Waals surface area (Å²) in [6, 6.07) is 4.63. The number of aromatic nitrogens is 3. The van der Waals surface area contributed by atoms with E-state index < -0.39 is 40.7 Å². The number of halogens is 4. The van der Waals surface area contributed by atoms with Gasteiger partial charge in [-0.05, 0) is 30.0 Å². The maximum absolute atomic E-state index is 16.3. The molecule has 4 aromatic rings. The Labute approximate surface area is 246 Å². The molecule has 3 N–H and O–H groups in total. The number of nitriles is 1. The van der Waals surface area contributed by atoms with Crippen LogP contribution in [0, 0.1) is 28.8 Å². The second-order valence-corrected chi connectivity index (χ2v) is 9.30. The quantitative estimate of drug-likeness (QED) is 0.125. The van der Waals surface area contributed by atoms with Gasteiger partial charge in [0, 0.05) is 17.5 Å². The van der Waals surface area contributed by atoms with E-state index in [4.69, 9.17) is 4.74 Å². The number of anilines is 1. The number of hydrogen-bond donors (Lipinski definition) is 3. The zero-order valence-electron chi connectivity index (χ0n) is 24.3. The molecule has 9 nitrogen and oxygen atoms in total. The summed E-state index contributed by atoms with van der Waals surface area (Å²) >= 11 is 0. The Balaban J connectivity index is 0.00000121. The number of phenols is 1. The van der Waals surface area contributed by atoms with Crippen molar-refractivity contribution in [3.63, 3.8) is 0 Å². The van der Waals surface area contributed by atoms with E-state index in [0.717, 1.165) is 43.9 Å². The second-order valence-electron chi connectivity index (χ2n) is 9.30. The van der Waals surface area contributed by atoms with Crippen molar-refractivity contribution in [2.75, 3.05) is 25.4 Å². The molecular weight excluding hydrogens is 570 g/mol. The lowest BCUT2D eigenvalue weighted by atomic mass is 9.95. The lowest BCUT2D eigenvalue weighted by Crippen LogP contribution is -2.34. The molecule has 2 aromatic carbocycles. The molecule has 0 atom stereocenters. The summed E-state index contributed by atoms with van der Waals surface area (Å²) in [5.41, 5.74) is -1.52. The Hall–Kier alpha value is -4.28. The van der Waals surface area contributed by atoms with Crippen LogP contribution in [0.1, 0.15) is 57.8 Å². The number of aliphatic hydroxyl groups is 2. The average Bonchev–Trinajstić information content (AvgIpc) is 3.00. The van der Waals surface area contributed by atoms with Crippen molar-refractivity contribution < 1.29 is 37.6 Å². The Bertz CT molecular complexity index is 1650. The fourth-order valence-corrected chi connectivity index (χ4v) is 4.80. The second kappa shape index (κ2) is 14.8.